The molecule has 3 aliphatic carbocycles. The van der Waals surface area contributed by atoms with Crippen LogP contribution in [0.25, 0.3) is 0 Å². The summed E-state index contributed by atoms with van der Waals surface area (Å²) in [5, 5.41) is 10.9. The van der Waals surface area contributed by atoms with Gasteiger partial charge in [0.25, 0.3) is 5.91 Å². The second-order valence-corrected chi connectivity index (χ2v) is 20.5. The van der Waals surface area contributed by atoms with Crippen LogP contribution in [-0.4, -0.2) is 89.1 Å². The second-order valence-electron chi connectivity index (χ2n) is 17.4. The van der Waals surface area contributed by atoms with E-state index >= 15 is 0 Å². The lowest BCUT2D eigenvalue weighted by atomic mass is 9.79. The van der Waals surface area contributed by atoms with Crippen LogP contribution in [0, 0.1) is 17.3 Å². The largest absolute Gasteiger partial charge is 0.347 e. The van der Waals surface area contributed by atoms with Gasteiger partial charge in [0.05, 0.1) is 21.6 Å². The number of carbonyl (C=O) groups is 5. The summed E-state index contributed by atoms with van der Waals surface area (Å²) in [5.41, 5.74) is -1.14. The molecule has 0 spiro atoms. The van der Waals surface area contributed by atoms with Gasteiger partial charge in [-0.05, 0) is 83.5 Å². The molecule has 0 radical (unpaired) electrons. The lowest BCUT2D eigenvalue weighted by Crippen LogP contribution is -2.64. The van der Waals surface area contributed by atoms with Crippen LogP contribution >= 0.6 is 0 Å². The van der Waals surface area contributed by atoms with Gasteiger partial charge in [-0.25, -0.2) is 13.2 Å². The van der Waals surface area contributed by atoms with E-state index in [1.54, 1.807) is 32.6 Å². The van der Waals surface area contributed by atoms with Crippen LogP contribution in [0.2, 0.25) is 0 Å². The van der Waals surface area contributed by atoms with E-state index in [9.17, 15) is 32.4 Å². The van der Waals surface area contributed by atoms with E-state index in [0.29, 0.717) is 45.1 Å². The number of urea groups is 1. The lowest BCUT2D eigenvalue weighted by molar-refractivity contribution is -0.144. The topological polar surface area (TPSA) is 171 Å². The van der Waals surface area contributed by atoms with Gasteiger partial charge in [-0.1, -0.05) is 71.6 Å². The van der Waals surface area contributed by atoms with Crippen LogP contribution in [0.5, 0.6) is 0 Å². The van der Waals surface area contributed by atoms with Crippen LogP contribution < -0.4 is 21.3 Å². The highest BCUT2D eigenvalue weighted by molar-refractivity contribution is 7.93. The van der Waals surface area contributed by atoms with Gasteiger partial charge in [0.15, 0.2) is 9.84 Å². The number of rotatable bonds is 7. The molecule has 2 aliphatic heterocycles. The van der Waals surface area contributed by atoms with Crippen molar-refractivity contribution in [1.82, 2.24) is 26.2 Å². The van der Waals surface area contributed by atoms with Gasteiger partial charge in [-0.2, -0.15) is 0 Å². The van der Waals surface area contributed by atoms with Crippen molar-refractivity contribution in [3.8, 4) is 0 Å². The maximum Gasteiger partial charge on any atom is 0.315 e. The summed E-state index contributed by atoms with van der Waals surface area (Å²) >= 11 is 0. The number of hydrogen-bond donors (Lipinski definition) is 4. The first-order valence-electron chi connectivity index (χ1n) is 19.2. The van der Waals surface area contributed by atoms with Gasteiger partial charge in [0.1, 0.15) is 12.1 Å². The quantitative estimate of drug-likeness (QED) is 0.289. The fourth-order valence-corrected chi connectivity index (χ4v) is 10.9. The highest BCUT2D eigenvalue weighted by Crippen LogP contribution is 2.65. The van der Waals surface area contributed by atoms with Crippen molar-refractivity contribution in [2.24, 2.45) is 17.3 Å². The van der Waals surface area contributed by atoms with Crippen LogP contribution in [0.3, 0.4) is 0 Å². The molecule has 0 aromatic rings. The van der Waals surface area contributed by atoms with Gasteiger partial charge in [-0.3, -0.25) is 19.2 Å². The lowest BCUT2D eigenvalue weighted by Gasteiger charge is -2.44. The van der Waals surface area contributed by atoms with Gasteiger partial charge < -0.3 is 26.2 Å². The van der Waals surface area contributed by atoms with E-state index in [4.69, 9.17) is 0 Å². The number of fused-ring (bicyclic) bond motifs is 3. The molecule has 0 unspecified atom stereocenters. The Kier molecular flexibility index (Phi) is 11.4. The van der Waals surface area contributed by atoms with Crippen molar-refractivity contribution in [2.45, 2.75) is 178 Å². The summed E-state index contributed by atoms with van der Waals surface area (Å²) in [4.78, 5) is 70.1. The molecular weight excluding hydrogens is 659 g/mol. The Labute approximate surface area is 298 Å². The highest BCUT2D eigenvalue weighted by atomic mass is 32.2. The Balaban J connectivity index is 1.37. The molecule has 3 saturated carbocycles. The SMILES string of the molecule is C[C@H](C1(NC(=O)N[C@H]2CCCCCCCC[C@@H](C(=O)C(=O)NC3CC3)NC(=O)[C@@H]3[C@@H]4[C@H](CN3C2=O)C4(C)C)CCCCC1)S(=O)(=O)C(C)(C)C. The number of amides is 5. The molecular formula is C37H61N5O7S. The number of piperidine rings is 1. The van der Waals surface area contributed by atoms with Gasteiger partial charge >= 0.3 is 6.03 Å². The number of Topliss-reactive ketones (excluding diaryl/α,β-unsaturated/α-hetero) is 1. The standard InChI is InChI=1S/C37H61N5O7S/c1-23(50(48,49)35(2,3)4)37(20-14-11-15-21-37)41-34(47)40-27-17-13-10-8-7-9-12-16-26(30(43)32(45)38-24-18-19-24)39-31(44)29-28-25(36(28,5)6)22-42(29)33(27)46/h23-29H,7-22H2,1-6H3,(H,38,45)(H,39,44)(H2,40,41,47)/t23-,25+,26+,27+,28+,29+/m1/s1. The molecule has 2 saturated heterocycles. The molecule has 5 amide bonds. The number of ketones is 1. The Morgan fingerprint density at radius 1 is 0.860 bits per heavy atom. The van der Waals surface area contributed by atoms with Crippen LogP contribution in [0.4, 0.5) is 4.79 Å². The summed E-state index contributed by atoms with van der Waals surface area (Å²) in [5.74, 6) is -2.11. The Bertz CT molecular complexity index is 1430. The molecule has 0 bridgehead atoms. The average Bonchev–Trinajstić information content (AvgIpc) is 3.90. The fraction of sp³-hybridized carbons (Fsp3) is 0.865. The van der Waals surface area contributed by atoms with E-state index in [1.165, 1.54) is 0 Å². The maximum absolute atomic E-state index is 14.4. The van der Waals surface area contributed by atoms with Crippen molar-refractivity contribution in [3.63, 3.8) is 0 Å². The molecule has 4 N–H and O–H groups in total. The Morgan fingerprint density at radius 2 is 1.44 bits per heavy atom. The zero-order chi connectivity index (χ0) is 36.6. The fourth-order valence-electron chi connectivity index (χ4n) is 8.91. The summed E-state index contributed by atoms with van der Waals surface area (Å²) < 4.78 is 26.3. The highest BCUT2D eigenvalue weighted by Gasteiger charge is 2.69. The second kappa shape index (κ2) is 14.7. The van der Waals surface area contributed by atoms with E-state index in [-0.39, 0.29) is 29.2 Å². The molecule has 12 nitrogen and oxygen atoms in total. The van der Waals surface area contributed by atoms with Crippen molar-refractivity contribution < 1.29 is 32.4 Å². The first kappa shape index (κ1) is 38.5. The summed E-state index contributed by atoms with van der Waals surface area (Å²) in [6.07, 6.45) is 10.9. The normalized spacial score (nSPS) is 31.1. The molecule has 5 aliphatic rings. The number of nitrogens with one attached hydrogen (secondary N) is 4. The van der Waals surface area contributed by atoms with Crippen molar-refractivity contribution in [1.29, 1.82) is 0 Å². The smallest absolute Gasteiger partial charge is 0.315 e. The zero-order valence-corrected chi connectivity index (χ0v) is 31.9. The third kappa shape index (κ3) is 8.02. The summed E-state index contributed by atoms with van der Waals surface area (Å²) in [7, 11) is -3.62. The van der Waals surface area contributed by atoms with Crippen molar-refractivity contribution in [2.75, 3.05) is 6.54 Å². The molecule has 5 fully saturated rings. The monoisotopic (exact) mass is 719 g/mol. The Morgan fingerprint density at radius 3 is 2.04 bits per heavy atom. The minimum atomic E-state index is -3.62. The zero-order valence-electron chi connectivity index (χ0n) is 31.1. The molecule has 282 valence electrons. The molecule has 2 heterocycles. The van der Waals surface area contributed by atoms with Gasteiger partial charge in [0, 0.05) is 12.6 Å². The van der Waals surface area contributed by atoms with Crippen molar-refractivity contribution >= 4 is 39.4 Å². The first-order chi connectivity index (χ1) is 23.4. The van der Waals surface area contributed by atoms with Gasteiger partial charge in [0.2, 0.25) is 17.6 Å². The molecule has 6 atom stereocenters. The van der Waals surface area contributed by atoms with E-state index in [1.807, 2.05) is 0 Å². The Hall–Kier alpha value is -2.70. The predicted molar refractivity (Wildman–Crippen MR) is 191 cm³/mol. The number of carbonyl (C=O) groups excluding carboxylic acids is 5. The molecule has 0 aromatic heterocycles. The number of sulfone groups is 1. The van der Waals surface area contributed by atoms with Gasteiger partial charge in [-0.15, -0.1) is 0 Å². The minimum Gasteiger partial charge on any atom is -0.347 e. The van der Waals surface area contributed by atoms with Crippen LogP contribution in [-0.2, 0) is 29.0 Å². The minimum absolute atomic E-state index is 0.0149. The molecule has 50 heavy (non-hydrogen) atoms. The molecule has 5 rings (SSSR count). The first-order valence-corrected chi connectivity index (χ1v) is 20.7. The third-order valence-corrected chi connectivity index (χ3v) is 15.7. The predicted octanol–water partition coefficient (Wildman–Crippen LogP) is 3.91. The maximum atomic E-state index is 14.4. The average molecular weight is 720 g/mol. The van der Waals surface area contributed by atoms with Crippen molar-refractivity contribution in [3.05, 3.63) is 0 Å². The van der Waals surface area contributed by atoms with E-state index in [2.05, 4.69) is 35.1 Å². The molecule has 13 heteroatoms. The van der Waals surface area contributed by atoms with E-state index < -0.39 is 67.1 Å². The van der Waals surface area contributed by atoms with Crippen LogP contribution in [0.15, 0.2) is 0 Å². The third-order valence-electron chi connectivity index (χ3n) is 12.6. The number of hydrogen-bond acceptors (Lipinski definition) is 7. The summed E-state index contributed by atoms with van der Waals surface area (Å²) in [6.45, 7) is 11.3. The van der Waals surface area contributed by atoms with E-state index in [0.717, 1.165) is 57.8 Å². The molecule has 0 aromatic carbocycles. The van der Waals surface area contributed by atoms with Crippen LogP contribution in [0.1, 0.15) is 138 Å². The number of nitrogens with zero attached hydrogens (tertiary/aromatic N) is 1. The summed E-state index contributed by atoms with van der Waals surface area (Å²) in [6, 6.07) is -3.27.